The summed E-state index contributed by atoms with van der Waals surface area (Å²) in [6, 6.07) is 0. The van der Waals surface area contributed by atoms with Crippen molar-refractivity contribution in [3.8, 4) is 0 Å². The topological polar surface area (TPSA) is 79.2 Å². The molecule has 0 aliphatic carbocycles. The van der Waals surface area contributed by atoms with Crippen molar-refractivity contribution < 1.29 is 24.8 Å². The van der Waals surface area contributed by atoms with E-state index >= 15 is 0 Å². The van der Waals surface area contributed by atoms with Gasteiger partial charge in [0, 0.05) is 6.61 Å². The molecule has 0 aromatic rings. The number of allylic oxidation sites excluding steroid dienone is 2. The second-order valence-electron chi connectivity index (χ2n) is 5.96. The number of hydrogen-bond donors (Lipinski definition) is 3. The lowest BCUT2D eigenvalue weighted by molar-refractivity contribution is -0.0813. The molecule has 1 aliphatic rings. The second-order valence-corrected chi connectivity index (χ2v) is 5.96. The van der Waals surface area contributed by atoms with Gasteiger partial charge >= 0.3 is 0 Å². The molecule has 0 radical (unpaired) electrons. The summed E-state index contributed by atoms with van der Waals surface area (Å²) in [6.07, 6.45) is 8.99. The molecule has 0 amide bonds. The van der Waals surface area contributed by atoms with E-state index in [9.17, 15) is 15.3 Å². The summed E-state index contributed by atoms with van der Waals surface area (Å²) in [6.45, 7) is 2.99. The highest BCUT2D eigenvalue weighted by atomic mass is 16.5. The first kappa shape index (κ1) is 19.6. The van der Waals surface area contributed by atoms with Crippen LogP contribution in [0.1, 0.15) is 51.9 Å². The molecule has 1 heterocycles. The maximum Gasteiger partial charge on any atom is 0.114 e. The zero-order chi connectivity index (χ0) is 16.2. The summed E-state index contributed by atoms with van der Waals surface area (Å²) in [4.78, 5) is 0. The fourth-order valence-corrected chi connectivity index (χ4v) is 2.48. The minimum Gasteiger partial charge on any atom is -0.388 e. The highest BCUT2D eigenvalue weighted by Crippen LogP contribution is 2.17. The number of rotatable bonds is 12. The maximum absolute atomic E-state index is 9.85. The second kappa shape index (κ2) is 12.0. The van der Waals surface area contributed by atoms with E-state index in [2.05, 4.69) is 19.1 Å². The molecule has 0 saturated carbocycles. The molecule has 0 aromatic carbocycles. The Labute approximate surface area is 133 Å². The van der Waals surface area contributed by atoms with Crippen LogP contribution < -0.4 is 0 Å². The van der Waals surface area contributed by atoms with E-state index in [0.717, 1.165) is 19.3 Å². The first-order valence-electron chi connectivity index (χ1n) is 8.55. The number of aliphatic hydroxyl groups is 3. The lowest BCUT2D eigenvalue weighted by Gasteiger charge is -2.20. The normalized spacial score (nSPS) is 26.8. The molecule has 1 aliphatic heterocycles. The number of hydrogen-bond acceptors (Lipinski definition) is 5. The molecule has 4 atom stereocenters. The van der Waals surface area contributed by atoms with Crippen LogP contribution in [-0.4, -0.2) is 59.6 Å². The number of aliphatic hydroxyl groups excluding tert-OH is 3. The van der Waals surface area contributed by atoms with E-state index in [1.807, 2.05) is 0 Å². The zero-order valence-electron chi connectivity index (χ0n) is 13.7. The molecule has 5 heteroatoms. The van der Waals surface area contributed by atoms with Gasteiger partial charge in [-0.2, -0.15) is 0 Å². The van der Waals surface area contributed by atoms with Crippen LogP contribution in [0.5, 0.6) is 0 Å². The Kier molecular flexibility index (Phi) is 10.7. The van der Waals surface area contributed by atoms with Crippen molar-refractivity contribution in [1.29, 1.82) is 0 Å². The summed E-state index contributed by atoms with van der Waals surface area (Å²) in [7, 11) is 0. The Morgan fingerprint density at radius 3 is 2.41 bits per heavy atom. The highest BCUT2D eigenvalue weighted by molar-refractivity contribution is 4.87. The van der Waals surface area contributed by atoms with E-state index in [1.54, 1.807) is 0 Å². The molecular weight excluding hydrogens is 284 g/mol. The lowest BCUT2D eigenvalue weighted by atomic mass is 10.1. The van der Waals surface area contributed by atoms with Crippen LogP contribution in [0.3, 0.4) is 0 Å². The van der Waals surface area contributed by atoms with Gasteiger partial charge in [0.15, 0.2) is 0 Å². The molecule has 1 fully saturated rings. The van der Waals surface area contributed by atoms with Gasteiger partial charge in [0.2, 0.25) is 0 Å². The molecule has 0 bridgehead atoms. The number of unbranched alkanes of at least 4 members (excludes halogenated alkanes) is 5. The van der Waals surface area contributed by atoms with Gasteiger partial charge in [-0.05, 0) is 32.1 Å². The Hall–Kier alpha value is -0.460. The predicted molar refractivity (Wildman–Crippen MR) is 85.7 cm³/mol. The molecule has 0 unspecified atom stereocenters. The van der Waals surface area contributed by atoms with E-state index in [-0.39, 0.29) is 13.2 Å². The van der Waals surface area contributed by atoms with Gasteiger partial charge in [0.1, 0.15) is 24.4 Å². The average Bonchev–Trinajstić information content (AvgIpc) is 2.84. The molecule has 0 spiro atoms. The van der Waals surface area contributed by atoms with Crippen LogP contribution in [-0.2, 0) is 9.47 Å². The summed E-state index contributed by atoms with van der Waals surface area (Å²) in [5.74, 6) is 0. The van der Waals surface area contributed by atoms with Crippen LogP contribution in [0.2, 0.25) is 0 Å². The van der Waals surface area contributed by atoms with Gasteiger partial charge in [0.05, 0.1) is 13.2 Å². The summed E-state index contributed by atoms with van der Waals surface area (Å²) in [5.41, 5.74) is 0. The lowest BCUT2D eigenvalue weighted by Crippen LogP contribution is -2.40. The first-order chi connectivity index (χ1) is 10.7. The van der Waals surface area contributed by atoms with Crippen molar-refractivity contribution in [3.05, 3.63) is 12.2 Å². The molecule has 1 rings (SSSR count). The minimum absolute atomic E-state index is 0.0630. The van der Waals surface area contributed by atoms with Crippen LogP contribution in [0, 0.1) is 0 Å². The fourth-order valence-electron chi connectivity index (χ4n) is 2.48. The standard InChI is InChI=1S/C17H32O5/c1-2-3-4-5-6-7-8-9-10-11-21-12-15(19)17-16(20)14(18)13-22-17/h6-7,14-20H,2-5,8-13H2,1H3/b7-6+/t14-,15+,16+,17+/m0/s1. The third-order valence-electron chi connectivity index (χ3n) is 3.91. The molecule has 3 N–H and O–H groups in total. The van der Waals surface area contributed by atoms with Gasteiger partial charge in [-0.25, -0.2) is 0 Å². The first-order valence-corrected chi connectivity index (χ1v) is 8.55. The van der Waals surface area contributed by atoms with Gasteiger partial charge in [-0.3, -0.25) is 0 Å². The highest BCUT2D eigenvalue weighted by Gasteiger charge is 2.39. The minimum atomic E-state index is -1.03. The molecular formula is C17H32O5. The number of ether oxygens (including phenoxy) is 2. The van der Waals surface area contributed by atoms with Crippen molar-refractivity contribution in [2.75, 3.05) is 19.8 Å². The quantitative estimate of drug-likeness (QED) is 0.378. The zero-order valence-corrected chi connectivity index (χ0v) is 13.7. The Balaban J connectivity index is 1.93. The Morgan fingerprint density at radius 2 is 1.82 bits per heavy atom. The summed E-state index contributed by atoms with van der Waals surface area (Å²) in [5, 5.41) is 28.8. The molecule has 22 heavy (non-hydrogen) atoms. The van der Waals surface area contributed by atoms with Crippen LogP contribution in [0.25, 0.3) is 0 Å². The Morgan fingerprint density at radius 1 is 1.14 bits per heavy atom. The SMILES string of the molecule is CCCCC/C=C/CCCCOC[C@@H](O)[C@H]1OC[C@H](O)[C@H]1O. The largest absolute Gasteiger partial charge is 0.388 e. The Bertz CT molecular complexity index is 295. The van der Waals surface area contributed by atoms with E-state index in [4.69, 9.17) is 9.47 Å². The van der Waals surface area contributed by atoms with Crippen LogP contribution in [0.15, 0.2) is 12.2 Å². The van der Waals surface area contributed by atoms with Gasteiger partial charge in [-0.1, -0.05) is 31.9 Å². The van der Waals surface area contributed by atoms with Gasteiger partial charge in [-0.15, -0.1) is 0 Å². The van der Waals surface area contributed by atoms with E-state index < -0.39 is 24.4 Å². The molecule has 1 saturated heterocycles. The molecule has 130 valence electrons. The predicted octanol–water partition coefficient (Wildman–Crippen LogP) is 1.79. The van der Waals surface area contributed by atoms with Crippen molar-refractivity contribution >= 4 is 0 Å². The maximum atomic E-state index is 9.85. The summed E-state index contributed by atoms with van der Waals surface area (Å²) < 4.78 is 10.6. The van der Waals surface area contributed by atoms with Crippen LogP contribution >= 0.6 is 0 Å². The fraction of sp³-hybridized carbons (Fsp3) is 0.882. The van der Waals surface area contributed by atoms with E-state index in [0.29, 0.717) is 6.61 Å². The average molecular weight is 316 g/mol. The van der Waals surface area contributed by atoms with Crippen molar-refractivity contribution in [3.63, 3.8) is 0 Å². The monoisotopic (exact) mass is 316 g/mol. The smallest absolute Gasteiger partial charge is 0.114 e. The van der Waals surface area contributed by atoms with Crippen molar-refractivity contribution in [2.45, 2.75) is 76.3 Å². The van der Waals surface area contributed by atoms with E-state index in [1.165, 1.54) is 25.7 Å². The van der Waals surface area contributed by atoms with Crippen LogP contribution in [0.4, 0.5) is 0 Å². The third-order valence-corrected chi connectivity index (χ3v) is 3.91. The summed E-state index contributed by atoms with van der Waals surface area (Å²) >= 11 is 0. The molecule has 0 aromatic heterocycles. The van der Waals surface area contributed by atoms with Gasteiger partial charge in [0.25, 0.3) is 0 Å². The van der Waals surface area contributed by atoms with Crippen molar-refractivity contribution in [1.82, 2.24) is 0 Å². The van der Waals surface area contributed by atoms with Crippen molar-refractivity contribution in [2.24, 2.45) is 0 Å². The van der Waals surface area contributed by atoms with Gasteiger partial charge < -0.3 is 24.8 Å². The third kappa shape index (κ3) is 7.70. The molecule has 5 nitrogen and oxygen atoms in total.